The summed E-state index contributed by atoms with van der Waals surface area (Å²) in [5.74, 6) is 1.66. The summed E-state index contributed by atoms with van der Waals surface area (Å²) in [7, 11) is 0. The molecule has 1 fully saturated rings. The summed E-state index contributed by atoms with van der Waals surface area (Å²) < 4.78 is 5.75. The molecule has 2 nitrogen and oxygen atoms in total. The molecule has 1 rings (SSSR count). The van der Waals surface area contributed by atoms with Gasteiger partial charge in [0.25, 0.3) is 0 Å². The average molecular weight is 186 g/mol. The largest absolute Gasteiger partial charge is 0.396 e. The molecule has 4 unspecified atom stereocenters. The predicted octanol–water partition coefficient (Wildman–Crippen LogP) is 2.07. The Bertz CT molecular complexity index is 143. The highest BCUT2D eigenvalue weighted by Gasteiger charge is 2.37. The zero-order valence-electron chi connectivity index (χ0n) is 8.99. The monoisotopic (exact) mass is 186 g/mol. The third-order valence-corrected chi connectivity index (χ3v) is 3.40. The molecule has 0 aliphatic carbocycles. The smallest absolute Gasteiger partial charge is 0.0656 e. The summed E-state index contributed by atoms with van der Waals surface area (Å²) in [6.45, 7) is 7.73. The van der Waals surface area contributed by atoms with Gasteiger partial charge >= 0.3 is 0 Å². The van der Waals surface area contributed by atoms with E-state index in [0.717, 1.165) is 13.0 Å². The molecule has 0 amide bonds. The Morgan fingerprint density at radius 1 is 1.46 bits per heavy atom. The number of ether oxygens (including phenoxy) is 1. The molecule has 4 atom stereocenters. The summed E-state index contributed by atoms with van der Waals surface area (Å²) in [6, 6.07) is 0. The lowest BCUT2D eigenvalue weighted by molar-refractivity contribution is 0.0151. The number of hydrogen-bond donors (Lipinski definition) is 1. The molecular formula is C11H22O2. The summed E-state index contributed by atoms with van der Waals surface area (Å²) >= 11 is 0. The van der Waals surface area contributed by atoms with E-state index >= 15 is 0 Å². The molecule has 0 spiro atoms. The fourth-order valence-electron chi connectivity index (χ4n) is 2.42. The Hall–Kier alpha value is -0.0800. The second kappa shape index (κ2) is 4.97. The fraction of sp³-hybridized carbons (Fsp3) is 1.00. The Kier molecular flexibility index (Phi) is 4.20. The van der Waals surface area contributed by atoms with Gasteiger partial charge < -0.3 is 9.84 Å². The standard InChI is InChI=1S/C11H22O2/c1-4-9(6-12)11-10(5-2)8(3)7-13-11/h8-12H,4-7H2,1-3H3. The van der Waals surface area contributed by atoms with Crippen LogP contribution in [-0.4, -0.2) is 24.4 Å². The van der Waals surface area contributed by atoms with Gasteiger partial charge in [-0.05, 0) is 18.3 Å². The highest BCUT2D eigenvalue weighted by atomic mass is 16.5. The van der Waals surface area contributed by atoms with Crippen LogP contribution in [0, 0.1) is 17.8 Å². The third-order valence-electron chi connectivity index (χ3n) is 3.40. The van der Waals surface area contributed by atoms with Crippen LogP contribution in [0.25, 0.3) is 0 Å². The number of aliphatic hydroxyl groups is 1. The lowest BCUT2D eigenvalue weighted by Crippen LogP contribution is -2.29. The SMILES string of the molecule is CCC(CO)C1OCC(C)C1CC. The van der Waals surface area contributed by atoms with Crippen molar-refractivity contribution < 1.29 is 9.84 Å². The summed E-state index contributed by atoms with van der Waals surface area (Å²) in [4.78, 5) is 0. The number of aliphatic hydroxyl groups excluding tert-OH is 1. The van der Waals surface area contributed by atoms with Gasteiger partial charge in [0.05, 0.1) is 6.10 Å². The second-order valence-corrected chi connectivity index (χ2v) is 4.20. The van der Waals surface area contributed by atoms with Gasteiger partial charge in [-0.2, -0.15) is 0 Å². The first-order valence-corrected chi connectivity index (χ1v) is 5.47. The first kappa shape index (κ1) is 11.0. The van der Waals surface area contributed by atoms with E-state index in [9.17, 15) is 5.11 Å². The van der Waals surface area contributed by atoms with Crippen LogP contribution < -0.4 is 0 Å². The lowest BCUT2D eigenvalue weighted by atomic mass is 9.83. The van der Waals surface area contributed by atoms with Crippen LogP contribution in [0.2, 0.25) is 0 Å². The van der Waals surface area contributed by atoms with Crippen molar-refractivity contribution in [2.45, 2.75) is 39.7 Å². The maximum Gasteiger partial charge on any atom is 0.0656 e. The van der Waals surface area contributed by atoms with Crippen LogP contribution >= 0.6 is 0 Å². The van der Waals surface area contributed by atoms with Gasteiger partial charge in [-0.1, -0.05) is 27.2 Å². The van der Waals surface area contributed by atoms with E-state index in [1.165, 1.54) is 6.42 Å². The molecular weight excluding hydrogens is 164 g/mol. The topological polar surface area (TPSA) is 29.5 Å². The van der Waals surface area contributed by atoms with Crippen LogP contribution in [0.3, 0.4) is 0 Å². The minimum Gasteiger partial charge on any atom is -0.396 e. The third kappa shape index (κ3) is 2.23. The summed E-state index contributed by atoms with van der Waals surface area (Å²) in [5, 5.41) is 9.21. The van der Waals surface area contributed by atoms with Gasteiger partial charge in [0.15, 0.2) is 0 Å². The quantitative estimate of drug-likeness (QED) is 0.728. The highest BCUT2D eigenvalue weighted by Crippen LogP contribution is 2.34. The van der Waals surface area contributed by atoms with Crippen LogP contribution in [0.15, 0.2) is 0 Å². The van der Waals surface area contributed by atoms with Crippen molar-refractivity contribution in [3.8, 4) is 0 Å². The van der Waals surface area contributed by atoms with E-state index in [0.29, 0.717) is 23.9 Å². The Labute approximate surface area is 81.3 Å². The Balaban J connectivity index is 2.57. The molecule has 13 heavy (non-hydrogen) atoms. The lowest BCUT2D eigenvalue weighted by Gasteiger charge is -2.25. The number of hydrogen-bond acceptors (Lipinski definition) is 2. The van der Waals surface area contributed by atoms with Gasteiger partial charge in [-0.25, -0.2) is 0 Å². The predicted molar refractivity (Wildman–Crippen MR) is 53.6 cm³/mol. The first-order valence-electron chi connectivity index (χ1n) is 5.47. The minimum atomic E-state index is 0.268. The minimum absolute atomic E-state index is 0.268. The van der Waals surface area contributed by atoms with Crippen molar-refractivity contribution in [2.75, 3.05) is 13.2 Å². The molecule has 0 radical (unpaired) electrons. The van der Waals surface area contributed by atoms with Crippen LogP contribution in [0.5, 0.6) is 0 Å². The molecule has 2 heteroatoms. The molecule has 0 saturated carbocycles. The Morgan fingerprint density at radius 2 is 2.15 bits per heavy atom. The molecule has 0 bridgehead atoms. The van der Waals surface area contributed by atoms with Gasteiger partial charge in [0.2, 0.25) is 0 Å². The molecule has 0 aromatic heterocycles. The van der Waals surface area contributed by atoms with E-state index < -0.39 is 0 Å². The first-order chi connectivity index (χ1) is 6.24. The van der Waals surface area contributed by atoms with Crippen LogP contribution in [-0.2, 0) is 4.74 Å². The van der Waals surface area contributed by atoms with E-state index in [4.69, 9.17) is 4.74 Å². The zero-order valence-corrected chi connectivity index (χ0v) is 8.99. The average Bonchev–Trinajstić information content (AvgIpc) is 2.50. The van der Waals surface area contributed by atoms with E-state index in [2.05, 4.69) is 20.8 Å². The van der Waals surface area contributed by atoms with Crippen LogP contribution in [0.4, 0.5) is 0 Å². The number of rotatable bonds is 4. The van der Waals surface area contributed by atoms with Crippen molar-refractivity contribution in [1.82, 2.24) is 0 Å². The zero-order chi connectivity index (χ0) is 9.84. The highest BCUT2D eigenvalue weighted by molar-refractivity contribution is 4.84. The van der Waals surface area contributed by atoms with Crippen molar-refractivity contribution >= 4 is 0 Å². The molecule has 1 aliphatic heterocycles. The normalized spacial score (nSPS) is 36.5. The van der Waals surface area contributed by atoms with Gasteiger partial charge in [-0.15, -0.1) is 0 Å². The van der Waals surface area contributed by atoms with Gasteiger partial charge in [0, 0.05) is 19.1 Å². The van der Waals surface area contributed by atoms with Gasteiger partial charge in [0.1, 0.15) is 0 Å². The Morgan fingerprint density at radius 3 is 2.62 bits per heavy atom. The van der Waals surface area contributed by atoms with E-state index in [1.807, 2.05) is 0 Å². The molecule has 0 aromatic carbocycles. The molecule has 1 saturated heterocycles. The summed E-state index contributed by atoms with van der Waals surface area (Å²) in [5.41, 5.74) is 0. The van der Waals surface area contributed by atoms with Gasteiger partial charge in [-0.3, -0.25) is 0 Å². The van der Waals surface area contributed by atoms with Crippen molar-refractivity contribution in [3.63, 3.8) is 0 Å². The molecule has 1 heterocycles. The molecule has 1 N–H and O–H groups in total. The summed E-state index contributed by atoms with van der Waals surface area (Å²) in [6.07, 6.45) is 2.49. The maximum atomic E-state index is 9.21. The molecule has 1 aliphatic rings. The van der Waals surface area contributed by atoms with Crippen LogP contribution in [0.1, 0.15) is 33.6 Å². The van der Waals surface area contributed by atoms with Crippen molar-refractivity contribution in [3.05, 3.63) is 0 Å². The molecule has 78 valence electrons. The van der Waals surface area contributed by atoms with E-state index in [1.54, 1.807) is 0 Å². The van der Waals surface area contributed by atoms with Crippen molar-refractivity contribution in [2.24, 2.45) is 17.8 Å². The fourth-order valence-corrected chi connectivity index (χ4v) is 2.42. The second-order valence-electron chi connectivity index (χ2n) is 4.20. The maximum absolute atomic E-state index is 9.21. The molecule has 0 aromatic rings. The van der Waals surface area contributed by atoms with Crippen molar-refractivity contribution in [1.29, 1.82) is 0 Å². The van der Waals surface area contributed by atoms with E-state index in [-0.39, 0.29) is 6.61 Å².